The van der Waals surface area contributed by atoms with Crippen molar-refractivity contribution < 1.29 is 13.6 Å². The highest BCUT2D eigenvalue weighted by atomic mass is 16.3. The van der Waals surface area contributed by atoms with Crippen molar-refractivity contribution in [2.24, 2.45) is 0 Å². The normalized spacial score (nSPS) is 11.1. The molecular weight excluding hydrogens is 284 g/mol. The van der Waals surface area contributed by atoms with Crippen LogP contribution in [-0.2, 0) is 11.2 Å². The van der Waals surface area contributed by atoms with Crippen molar-refractivity contribution in [1.82, 2.24) is 20.5 Å². The average Bonchev–Trinajstić information content (AvgIpc) is 3.26. The van der Waals surface area contributed by atoms with Gasteiger partial charge in [0.1, 0.15) is 11.6 Å². The number of amides is 1. The maximum Gasteiger partial charge on any atom is 0.244 e. The summed E-state index contributed by atoms with van der Waals surface area (Å²) in [4.78, 5) is 15.9. The SMILES string of the molecule is O=C(/C=C/c1ccco1)NCCc1nc(-c2ccco2)n[nH]1. The van der Waals surface area contributed by atoms with E-state index in [1.807, 2.05) is 0 Å². The van der Waals surface area contributed by atoms with Crippen LogP contribution >= 0.6 is 0 Å². The molecule has 2 N–H and O–H groups in total. The molecule has 3 rings (SSSR count). The number of carbonyl (C=O) groups is 1. The Morgan fingerprint density at radius 1 is 1.27 bits per heavy atom. The molecule has 0 bridgehead atoms. The van der Waals surface area contributed by atoms with Crippen molar-refractivity contribution in [2.75, 3.05) is 6.54 Å². The lowest BCUT2D eigenvalue weighted by Crippen LogP contribution is -2.23. The number of furan rings is 2. The summed E-state index contributed by atoms with van der Waals surface area (Å²) >= 11 is 0. The molecule has 0 aromatic carbocycles. The van der Waals surface area contributed by atoms with Gasteiger partial charge < -0.3 is 14.2 Å². The van der Waals surface area contributed by atoms with E-state index >= 15 is 0 Å². The Labute approximate surface area is 126 Å². The minimum Gasteiger partial charge on any atom is -0.465 e. The van der Waals surface area contributed by atoms with Gasteiger partial charge in [-0.2, -0.15) is 5.10 Å². The van der Waals surface area contributed by atoms with Gasteiger partial charge in [-0.25, -0.2) is 4.98 Å². The summed E-state index contributed by atoms with van der Waals surface area (Å²) in [7, 11) is 0. The molecule has 0 aliphatic carbocycles. The third kappa shape index (κ3) is 3.51. The molecule has 0 fully saturated rings. The summed E-state index contributed by atoms with van der Waals surface area (Å²) in [6.45, 7) is 0.452. The lowest BCUT2D eigenvalue weighted by atomic mass is 10.3. The highest BCUT2D eigenvalue weighted by Crippen LogP contribution is 2.14. The molecule has 3 heterocycles. The number of H-pyrrole nitrogens is 1. The van der Waals surface area contributed by atoms with Crippen LogP contribution < -0.4 is 5.32 Å². The molecule has 0 aliphatic heterocycles. The third-order valence-corrected chi connectivity index (χ3v) is 2.88. The zero-order valence-electron chi connectivity index (χ0n) is 11.7. The molecule has 0 atom stereocenters. The van der Waals surface area contributed by atoms with Crippen LogP contribution in [0.1, 0.15) is 11.6 Å². The number of carbonyl (C=O) groups excluding carboxylic acids is 1. The fraction of sp³-hybridized carbons (Fsp3) is 0.133. The lowest BCUT2D eigenvalue weighted by molar-refractivity contribution is -0.116. The molecule has 112 valence electrons. The van der Waals surface area contributed by atoms with Crippen LogP contribution in [-0.4, -0.2) is 27.6 Å². The van der Waals surface area contributed by atoms with Crippen LogP contribution in [0.25, 0.3) is 17.7 Å². The second kappa shape index (κ2) is 6.57. The highest BCUT2D eigenvalue weighted by Gasteiger charge is 2.08. The van der Waals surface area contributed by atoms with Gasteiger partial charge in [-0.15, -0.1) is 0 Å². The zero-order valence-corrected chi connectivity index (χ0v) is 11.7. The van der Waals surface area contributed by atoms with E-state index in [1.54, 1.807) is 42.9 Å². The molecule has 7 nitrogen and oxygen atoms in total. The molecule has 1 amide bonds. The Hall–Kier alpha value is -3.09. The lowest BCUT2D eigenvalue weighted by Gasteiger charge is -1.98. The molecule has 3 aromatic heterocycles. The number of hydrogen-bond donors (Lipinski definition) is 2. The largest absolute Gasteiger partial charge is 0.465 e. The predicted octanol–water partition coefficient (Wildman–Crippen LogP) is 2.03. The molecule has 22 heavy (non-hydrogen) atoms. The van der Waals surface area contributed by atoms with Gasteiger partial charge in [0.2, 0.25) is 11.7 Å². The number of rotatable bonds is 6. The molecule has 0 saturated carbocycles. The molecule has 3 aromatic rings. The van der Waals surface area contributed by atoms with Crippen molar-refractivity contribution in [3.63, 3.8) is 0 Å². The molecule has 7 heteroatoms. The molecule has 0 radical (unpaired) electrons. The number of aromatic amines is 1. The Morgan fingerprint density at radius 2 is 2.14 bits per heavy atom. The first-order valence-corrected chi connectivity index (χ1v) is 6.76. The summed E-state index contributed by atoms with van der Waals surface area (Å²) in [6, 6.07) is 7.09. The van der Waals surface area contributed by atoms with Gasteiger partial charge in [-0.1, -0.05) is 0 Å². The van der Waals surface area contributed by atoms with Crippen LogP contribution in [0.15, 0.2) is 51.7 Å². The van der Waals surface area contributed by atoms with Gasteiger partial charge >= 0.3 is 0 Å². The van der Waals surface area contributed by atoms with E-state index in [0.717, 1.165) is 0 Å². The van der Waals surface area contributed by atoms with Crippen molar-refractivity contribution in [3.05, 3.63) is 54.5 Å². The van der Waals surface area contributed by atoms with E-state index in [9.17, 15) is 4.79 Å². The minimum atomic E-state index is -0.192. The third-order valence-electron chi connectivity index (χ3n) is 2.88. The maximum absolute atomic E-state index is 11.6. The van der Waals surface area contributed by atoms with E-state index in [-0.39, 0.29) is 5.91 Å². The molecular formula is C15H14N4O3. The Balaban J connectivity index is 1.46. The van der Waals surface area contributed by atoms with Crippen LogP contribution in [0.3, 0.4) is 0 Å². The number of nitrogens with zero attached hydrogens (tertiary/aromatic N) is 2. The topological polar surface area (TPSA) is 97.0 Å². The maximum atomic E-state index is 11.6. The Kier molecular flexibility index (Phi) is 4.15. The zero-order chi connectivity index (χ0) is 15.2. The van der Waals surface area contributed by atoms with Crippen LogP contribution in [0.4, 0.5) is 0 Å². The second-order valence-corrected chi connectivity index (χ2v) is 4.47. The van der Waals surface area contributed by atoms with Gasteiger partial charge in [-0.3, -0.25) is 9.89 Å². The fourth-order valence-corrected chi connectivity index (χ4v) is 1.83. The van der Waals surface area contributed by atoms with Crippen molar-refractivity contribution >= 4 is 12.0 Å². The van der Waals surface area contributed by atoms with Crippen LogP contribution in [0, 0.1) is 0 Å². The summed E-state index contributed by atoms with van der Waals surface area (Å²) in [5.74, 6) is 2.23. The van der Waals surface area contributed by atoms with Crippen molar-refractivity contribution in [1.29, 1.82) is 0 Å². The van der Waals surface area contributed by atoms with E-state index in [4.69, 9.17) is 8.83 Å². The second-order valence-electron chi connectivity index (χ2n) is 4.47. The van der Waals surface area contributed by atoms with E-state index < -0.39 is 0 Å². The highest BCUT2D eigenvalue weighted by molar-refractivity contribution is 5.91. The molecule has 0 unspecified atom stereocenters. The van der Waals surface area contributed by atoms with Crippen molar-refractivity contribution in [2.45, 2.75) is 6.42 Å². The molecule has 0 aliphatic rings. The Bertz CT molecular complexity index is 742. The average molecular weight is 298 g/mol. The van der Waals surface area contributed by atoms with Gasteiger partial charge in [0.25, 0.3) is 0 Å². The monoisotopic (exact) mass is 298 g/mol. The standard InChI is InChI=1S/C15H14N4O3/c20-14(6-5-11-3-1-9-21-11)16-8-7-13-17-15(19-18-13)12-4-2-10-22-12/h1-6,9-10H,7-8H2,(H,16,20)(H,17,18,19)/b6-5+. The minimum absolute atomic E-state index is 0.192. The van der Waals surface area contributed by atoms with Crippen molar-refractivity contribution in [3.8, 4) is 11.6 Å². The van der Waals surface area contributed by atoms with E-state index in [2.05, 4.69) is 20.5 Å². The van der Waals surface area contributed by atoms with Gasteiger partial charge in [0.15, 0.2) is 5.76 Å². The first-order valence-electron chi connectivity index (χ1n) is 6.76. The summed E-state index contributed by atoms with van der Waals surface area (Å²) in [5, 5.41) is 9.63. The number of hydrogen-bond acceptors (Lipinski definition) is 5. The summed E-state index contributed by atoms with van der Waals surface area (Å²) < 4.78 is 10.3. The van der Waals surface area contributed by atoms with Crippen LogP contribution in [0.2, 0.25) is 0 Å². The first-order chi connectivity index (χ1) is 10.8. The number of aromatic nitrogens is 3. The molecule has 0 spiro atoms. The smallest absolute Gasteiger partial charge is 0.244 e. The number of nitrogens with one attached hydrogen (secondary N) is 2. The van der Waals surface area contributed by atoms with E-state index in [1.165, 1.54) is 6.08 Å². The predicted molar refractivity (Wildman–Crippen MR) is 78.5 cm³/mol. The quantitative estimate of drug-likeness (QED) is 0.679. The Morgan fingerprint density at radius 3 is 2.91 bits per heavy atom. The van der Waals surface area contributed by atoms with E-state index in [0.29, 0.717) is 36.1 Å². The first kappa shape index (κ1) is 13.9. The fourth-order valence-electron chi connectivity index (χ4n) is 1.83. The summed E-state index contributed by atoms with van der Waals surface area (Å²) in [5.41, 5.74) is 0. The van der Waals surface area contributed by atoms with Gasteiger partial charge in [0, 0.05) is 19.0 Å². The van der Waals surface area contributed by atoms with Gasteiger partial charge in [-0.05, 0) is 30.3 Å². The van der Waals surface area contributed by atoms with Crippen LogP contribution in [0.5, 0.6) is 0 Å². The van der Waals surface area contributed by atoms with Gasteiger partial charge in [0.05, 0.1) is 12.5 Å². The molecule has 0 saturated heterocycles. The summed E-state index contributed by atoms with van der Waals surface area (Å²) in [6.07, 6.45) is 6.70.